The van der Waals surface area contributed by atoms with Gasteiger partial charge in [-0.05, 0) is 23.8 Å². The molecule has 2 rings (SSSR count). The molecule has 0 aliphatic carbocycles. The normalized spacial score (nSPS) is 11.2. The molecule has 0 aliphatic heterocycles. The minimum absolute atomic E-state index is 0.0839. The first-order chi connectivity index (χ1) is 9.87. The number of carbonyl (C=O) groups is 1. The third kappa shape index (κ3) is 3.95. The van der Waals surface area contributed by atoms with Gasteiger partial charge in [-0.25, -0.2) is 0 Å². The van der Waals surface area contributed by atoms with Crippen LogP contribution < -0.4 is 10.5 Å². The molecule has 21 heavy (non-hydrogen) atoms. The van der Waals surface area contributed by atoms with Gasteiger partial charge in [0.05, 0.1) is 0 Å². The van der Waals surface area contributed by atoms with Gasteiger partial charge in [-0.1, -0.05) is 12.1 Å². The number of hydrogen-bond donors (Lipinski definition) is 1. The summed E-state index contributed by atoms with van der Waals surface area (Å²) in [6.07, 6.45) is -1.49. The van der Waals surface area contributed by atoms with Crippen LogP contribution in [0.15, 0.2) is 42.7 Å². The molecular weight excluding hydrogens is 285 g/mol. The maximum Gasteiger partial charge on any atom is 0.422 e. The Morgan fingerprint density at radius 2 is 1.86 bits per heavy atom. The predicted molar refractivity (Wildman–Crippen MR) is 69.7 cm³/mol. The molecule has 0 fully saturated rings. The summed E-state index contributed by atoms with van der Waals surface area (Å²) < 4.78 is 40.7. The van der Waals surface area contributed by atoms with Crippen molar-refractivity contribution in [2.24, 2.45) is 5.73 Å². The number of halogens is 3. The molecular formula is C14H11F3N2O2. The van der Waals surface area contributed by atoms with Crippen LogP contribution in [0.5, 0.6) is 5.75 Å². The van der Waals surface area contributed by atoms with Crippen LogP contribution in [0.25, 0.3) is 11.1 Å². The van der Waals surface area contributed by atoms with Crippen molar-refractivity contribution in [3.05, 3.63) is 48.3 Å². The van der Waals surface area contributed by atoms with Crippen LogP contribution in [-0.4, -0.2) is 23.7 Å². The molecule has 0 saturated carbocycles. The molecule has 1 amide bonds. The van der Waals surface area contributed by atoms with Crippen molar-refractivity contribution < 1.29 is 22.7 Å². The lowest BCUT2D eigenvalue weighted by Crippen LogP contribution is -2.19. The lowest BCUT2D eigenvalue weighted by Gasteiger charge is -2.10. The first-order valence-corrected chi connectivity index (χ1v) is 5.90. The topological polar surface area (TPSA) is 65.2 Å². The van der Waals surface area contributed by atoms with E-state index < -0.39 is 18.7 Å². The van der Waals surface area contributed by atoms with Crippen LogP contribution in [-0.2, 0) is 0 Å². The summed E-state index contributed by atoms with van der Waals surface area (Å²) in [6.45, 7) is -1.36. The number of rotatable bonds is 4. The second kappa shape index (κ2) is 5.82. The molecule has 0 spiro atoms. The molecule has 2 N–H and O–H groups in total. The fraction of sp³-hybridized carbons (Fsp3) is 0.143. The van der Waals surface area contributed by atoms with Crippen molar-refractivity contribution in [3.8, 4) is 16.9 Å². The van der Waals surface area contributed by atoms with Crippen molar-refractivity contribution in [1.82, 2.24) is 4.98 Å². The van der Waals surface area contributed by atoms with E-state index >= 15 is 0 Å². The molecule has 0 aliphatic rings. The number of aromatic nitrogens is 1. The second-order valence-electron chi connectivity index (χ2n) is 4.21. The van der Waals surface area contributed by atoms with Crippen LogP contribution in [0.3, 0.4) is 0 Å². The Morgan fingerprint density at radius 3 is 2.43 bits per heavy atom. The van der Waals surface area contributed by atoms with Gasteiger partial charge in [-0.2, -0.15) is 13.2 Å². The Hall–Kier alpha value is -2.57. The van der Waals surface area contributed by atoms with Crippen molar-refractivity contribution in [2.45, 2.75) is 6.18 Å². The number of benzene rings is 1. The number of carbonyl (C=O) groups excluding carboxylic acids is 1. The van der Waals surface area contributed by atoms with Gasteiger partial charge in [0.1, 0.15) is 5.75 Å². The summed E-state index contributed by atoms with van der Waals surface area (Å²) in [7, 11) is 0. The smallest absolute Gasteiger partial charge is 0.422 e. The molecule has 110 valence electrons. The second-order valence-corrected chi connectivity index (χ2v) is 4.21. The molecule has 2 aromatic rings. The summed E-state index contributed by atoms with van der Waals surface area (Å²) in [5.41, 5.74) is 6.66. The lowest BCUT2D eigenvalue weighted by atomic mass is 10.0. The van der Waals surface area contributed by atoms with Gasteiger partial charge >= 0.3 is 6.18 Å². The maximum atomic E-state index is 12.0. The van der Waals surface area contributed by atoms with Crippen molar-refractivity contribution in [1.29, 1.82) is 0 Å². The minimum atomic E-state index is -4.39. The summed E-state index contributed by atoms with van der Waals surface area (Å²) in [5, 5.41) is 0. The van der Waals surface area contributed by atoms with E-state index in [9.17, 15) is 18.0 Å². The van der Waals surface area contributed by atoms with E-state index in [1.165, 1.54) is 42.7 Å². The highest BCUT2D eigenvalue weighted by Gasteiger charge is 2.28. The Morgan fingerprint density at radius 1 is 1.19 bits per heavy atom. The highest BCUT2D eigenvalue weighted by atomic mass is 19.4. The monoisotopic (exact) mass is 296 g/mol. The Kier molecular flexibility index (Phi) is 4.11. The molecule has 0 unspecified atom stereocenters. The van der Waals surface area contributed by atoms with E-state index in [2.05, 4.69) is 9.72 Å². The lowest BCUT2D eigenvalue weighted by molar-refractivity contribution is -0.153. The standard InChI is InChI=1S/C14H11F3N2O2/c15-14(16,17)8-21-10-3-1-9(2-4-10)12-7-19-6-5-11(12)13(18)20/h1-7H,8H2,(H2,18,20). The average Bonchev–Trinajstić information content (AvgIpc) is 2.45. The molecule has 1 heterocycles. The fourth-order valence-corrected chi connectivity index (χ4v) is 1.74. The third-order valence-electron chi connectivity index (χ3n) is 2.65. The molecule has 0 radical (unpaired) electrons. The molecule has 0 bridgehead atoms. The largest absolute Gasteiger partial charge is 0.484 e. The Bertz CT molecular complexity index is 639. The minimum Gasteiger partial charge on any atom is -0.484 e. The number of ether oxygens (including phenoxy) is 1. The van der Waals surface area contributed by atoms with Crippen molar-refractivity contribution >= 4 is 5.91 Å². The maximum absolute atomic E-state index is 12.0. The van der Waals surface area contributed by atoms with E-state index in [4.69, 9.17) is 5.73 Å². The number of nitrogens with two attached hydrogens (primary N) is 1. The summed E-state index contributed by atoms with van der Waals surface area (Å²) in [6, 6.07) is 7.33. The van der Waals surface area contributed by atoms with Gasteiger partial charge < -0.3 is 10.5 Å². The molecule has 0 saturated heterocycles. The van der Waals surface area contributed by atoms with E-state index in [1.54, 1.807) is 0 Å². The highest BCUT2D eigenvalue weighted by molar-refractivity contribution is 5.99. The van der Waals surface area contributed by atoms with Gasteiger partial charge in [0.2, 0.25) is 5.91 Å². The predicted octanol–water partition coefficient (Wildman–Crippen LogP) is 2.79. The van der Waals surface area contributed by atoms with Crippen LogP contribution in [0.1, 0.15) is 10.4 Å². The Balaban J connectivity index is 2.22. The highest BCUT2D eigenvalue weighted by Crippen LogP contribution is 2.25. The zero-order chi connectivity index (χ0) is 15.5. The van der Waals surface area contributed by atoms with Crippen molar-refractivity contribution in [2.75, 3.05) is 6.61 Å². The van der Waals surface area contributed by atoms with Gasteiger partial charge in [0, 0.05) is 23.5 Å². The van der Waals surface area contributed by atoms with Crippen LogP contribution in [0.2, 0.25) is 0 Å². The molecule has 1 aromatic heterocycles. The first kappa shape index (κ1) is 14.8. The summed E-state index contributed by atoms with van der Waals surface area (Å²) in [4.78, 5) is 15.2. The third-order valence-corrected chi connectivity index (χ3v) is 2.65. The van der Waals surface area contributed by atoms with Crippen molar-refractivity contribution in [3.63, 3.8) is 0 Å². The van der Waals surface area contributed by atoms with E-state index in [0.29, 0.717) is 11.1 Å². The van der Waals surface area contributed by atoms with E-state index in [0.717, 1.165) is 0 Å². The Labute approximate surface area is 118 Å². The van der Waals surface area contributed by atoms with Crippen LogP contribution >= 0.6 is 0 Å². The molecule has 4 nitrogen and oxygen atoms in total. The quantitative estimate of drug-likeness (QED) is 0.943. The van der Waals surface area contributed by atoms with Crippen LogP contribution in [0, 0.1) is 0 Å². The van der Waals surface area contributed by atoms with E-state index in [-0.39, 0.29) is 11.3 Å². The zero-order valence-electron chi connectivity index (χ0n) is 10.7. The SMILES string of the molecule is NC(=O)c1ccncc1-c1ccc(OCC(F)(F)F)cc1. The molecule has 1 aromatic carbocycles. The van der Waals surface area contributed by atoms with Crippen LogP contribution in [0.4, 0.5) is 13.2 Å². The zero-order valence-corrected chi connectivity index (χ0v) is 10.7. The summed E-state index contributed by atoms with van der Waals surface area (Å²) in [5.74, 6) is -0.523. The van der Waals surface area contributed by atoms with Gasteiger partial charge in [0.25, 0.3) is 0 Å². The average molecular weight is 296 g/mol. The number of alkyl halides is 3. The number of nitrogens with zero attached hydrogens (tertiary/aromatic N) is 1. The number of primary amides is 1. The van der Waals surface area contributed by atoms with Gasteiger partial charge in [-0.15, -0.1) is 0 Å². The number of pyridine rings is 1. The van der Waals surface area contributed by atoms with E-state index in [1.807, 2.05) is 0 Å². The van der Waals surface area contributed by atoms with Gasteiger partial charge in [-0.3, -0.25) is 9.78 Å². The number of amides is 1. The fourth-order valence-electron chi connectivity index (χ4n) is 1.74. The first-order valence-electron chi connectivity index (χ1n) is 5.90. The number of hydrogen-bond acceptors (Lipinski definition) is 3. The summed E-state index contributed by atoms with van der Waals surface area (Å²) >= 11 is 0. The molecule has 7 heteroatoms. The molecule has 0 atom stereocenters. The van der Waals surface area contributed by atoms with Gasteiger partial charge in [0.15, 0.2) is 6.61 Å².